The fraction of sp³-hybridized carbons (Fsp3) is 0.917. The molecule has 5 heteroatoms. The van der Waals surface area contributed by atoms with Crippen LogP contribution in [0.3, 0.4) is 0 Å². The van der Waals surface area contributed by atoms with Crippen LogP contribution in [0.1, 0.15) is 13.3 Å². The molecule has 0 aromatic carbocycles. The van der Waals surface area contributed by atoms with Crippen molar-refractivity contribution in [2.24, 2.45) is 5.92 Å². The van der Waals surface area contributed by atoms with Gasteiger partial charge in [0.25, 0.3) is 0 Å². The number of hydrogen-bond donors (Lipinski definition) is 0. The molecule has 2 amide bonds. The predicted molar refractivity (Wildman–Crippen MR) is 63.9 cm³/mol. The molecule has 2 aliphatic heterocycles. The van der Waals surface area contributed by atoms with E-state index in [0.717, 1.165) is 26.2 Å². The SMILES string of the molecule is CCOCC1CCOC12CN(C(=O)N(C)C)C2. The van der Waals surface area contributed by atoms with Crippen molar-refractivity contribution >= 4 is 6.03 Å². The lowest BCUT2D eigenvalue weighted by atomic mass is 9.81. The highest BCUT2D eigenvalue weighted by atomic mass is 16.5. The number of carbonyl (C=O) groups is 1. The van der Waals surface area contributed by atoms with Gasteiger partial charge in [-0.2, -0.15) is 0 Å². The lowest BCUT2D eigenvalue weighted by Gasteiger charge is -2.50. The van der Waals surface area contributed by atoms with Gasteiger partial charge in [-0.3, -0.25) is 0 Å². The van der Waals surface area contributed by atoms with Gasteiger partial charge in [0.15, 0.2) is 0 Å². The van der Waals surface area contributed by atoms with Gasteiger partial charge < -0.3 is 19.3 Å². The quantitative estimate of drug-likeness (QED) is 0.735. The number of urea groups is 1. The van der Waals surface area contributed by atoms with Crippen LogP contribution in [0.4, 0.5) is 4.79 Å². The van der Waals surface area contributed by atoms with E-state index in [-0.39, 0.29) is 11.6 Å². The second-order valence-electron chi connectivity index (χ2n) is 5.09. The van der Waals surface area contributed by atoms with Crippen molar-refractivity contribution in [2.45, 2.75) is 18.9 Å². The Labute approximate surface area is 103 Å². The minimum atomic E-state index is -0.124. The van der Waals surface area contributed by atoms with Gasteiger partial charge in [0.1, 0.15) is 5.60 Å². The Hall–Kier alpha value is -0.810. The van der Waals surface area contributed by atoms with Gasteiger partial charge in [0.05, 0.1) is 19.7 Å². The van der Waals surface area contributed by atoms with Gasteiger partial charge in [0, 0.05) is 33.2 Å². The van der Waals surface area contributed by atoms with E-state index in [4.69, 9.17) is 9.47 Å². The summed E-state index contributed by atoms with van der Waals surface area (Å²) >= 11 is 0. The highest BCUT2D eigenvalue weighted by Crippen LogP contribution is 2.40. The molecule has 0 saturated carbocycles. The molecule has 1 unspecified atom stereocenters. The van der Waals surface area contributed by atoms with Crippen LogP contribution in [0.2, 0.25) is 0 Å². The molecule has 0 radical (unpaired) electrons. The molecule has 0 aromatic heterocycles. The van der Waals surface area contributed by atoms with E-state index in [1.165, 1.54) is 0 Å². The van der Waals surface area contributed by atoms with E-state index in [1.807, 2.05) is 11.8 Å². The number of ether oxygens (including phenoxy) is 2. The maximum Gasteiger partial charge on any atom is 0.319 e. The summed E-state index contributed by atoms with van der Waals surface area (Å²) in [7, 11) is 3.56. The fourth-order valence-electron chi connectivity index (χ4n) is 2.65. The average molecular weight is 242 g/mol. The Morgan fingerprint density at radius 2 is 2.24 bits per heavy atom. The van der Waals surface area contributed by atoms with Crippen molar-refractivity contribution in [1.82, 2.24) is 9.80 Å². The predicted octanol–water partition coefficient (Wildman–Crippen LogP) is 0.795. The zero-order valence-corrected chi connectivity index (χ0v) is 10.9. The Bertz CT molecular complexity index is 287. The van der Waals surface area contributed by atoms with Gasteiger partial charge in [-0.05, 0) is 13.3 Å². The smallest absolute Gasteiger partial charge is 0.319 e. The number of nitrogens with zero attached hydrogens (tertiary/aromatic N) is 2. The van der Waals surface area contributed by atoms with Crippen molar-refractivity contribution in [3.8, 4) is 0 Å². The summed E-state index contributed by atoms with van der Waals surface area (Å²) in [5.74, 6) is 0.439. The highest BCUT2D eigenvalue weighted by Gasteiger charge is 2.54. The van der Waals surface area contributed by atoms with Crippen LogP contribution < -0.4 is 0 Å². The van der Waals surface area contributed by atoms with Crippen molar-refractivity contribution in [2.75, 3.05) is 47.0 Å². The summed E-state index contributed by atoms with van der Waals surface area (Å²) in [4.78, 5) is 15.2. The first-order valence-corrected chi connectivity index (χ1v) is 6.27. The molecule has 2 heterocycles. The summed E-state index contributed by atoms with van der Waals surface area (Å²) in [5, 5.41) is 0. The van der Waals surface area contributed by atoms with E-state index < -0.39 is 0 Å². The molecule has 0 aliphatic carbocycles. The first-order valence-electron chi connectivity index (χ1n) is 6.27. The summed E-state index contributed by atoms with van der Waals surface area (Å²) in [6, 6.07) is 0.0706. The number of rotatable bonds is 3. The lowest BCUT2D eigenvalue weighted by Crippen LogP contribution is -2.67. The van der Waals surface area contributed by atoms with E-state index in [9.17, 15) is 4.79 Å². The van der Waals surface area contributed by atoms with Crippen molar-refractivity contribution in [3.63, 3.8) is 0 Å². The van der Waals surface area contributed by atoms with Gasteiger partial charge in [0.2, 0.25) is 0 Å². The van der Waals surface area contributed by atoms with Crippen LogP contribution in [-0.2, 0) is 9.47 Å². The maximum absolute atomic E-state index is 11.8. The zero-order chi connectivity index (χ0) is 12.5. The Balaban J connectivity index is 1.88. The molecule has 1 spiro atoms. The average Bonchev–Trinajstić information content (AvgIpc) is 2.66. The number of amides is 2. The van der Waals surface area contributed by atoms with Crippen LogP contribution >= 0.6 is 0 Å². The number of likely N-dealkylation sites (tertiary alicyclic amines) is 1. The minimum absolute atomic E-state index is 0.0706. The molecule has 17 heavy (non-hydrogen) atoms. The first kappa shape index (κ1) is 12.6. The maximum atomic E-state index is 11.8. The molecule has 0 bridgehead atoms. The molecule has 1 atom stereocenters. The monoisotopic (exact) mass is 242 g/mol. The summed E-state index contributed by atoms with van der Waals surface area (Å²) in [6.07, 6.45) is 1.05. The topological polar surface area (TPSA) is 42.0 Å². The van der Waals surface area contributed by atoms with Crippen LogP contribution in [0.5, 0.6) is 0 Å². The van der Waals surface area contributed by atoms with E-state index in [2.05, 4.69) is 0 Å². The van der Waals surface area contributed by atoms with Crippen molar-refractivity contribution < 1.29 is 14.3 Å². The summed E-state index contributed by atoms with van der Waals surface area (Å²) in [5.41, 5.74) is -0.124. The zero-order valence-electron chi connectivity index (χ0n) is 10.9. The van der Waals surface area contributed by atoms with Crippen LogP contribution in [0.25, 0.3) is 0 Å². The largest absolute Gasteiger partial charge is 0.381 e. The normalized spacial score (nSPS) is 26.1. The number of hydrogen-bond acceptors (Lipinski definition) is 3. The molecule has 2 fully saturated rings. The van der Waals surface area contributed by atoms with Gasteiger partial charge in [-0.25, -0.2) is 4.79 Å². The van der Waals surface area contributed by atoms with Gasteiger partial charge >= 0.3 is 6.03 Å². The Morgan fingerprint density at radius 3 is 2.82 bits per heavy atom. The third-order valence-electron chi connectivity index (χ3n) is 3.69. The van der Waals surface area contributed by atoms with Crippen LogP contribution in [0, 0.1) is 5.92 Å². The van der Waals surface area contributed by atoms with Crippen molar-refractivity contribution in [1.29, 1.82) is 0 Å². The summed E-state index contributed by atoms with van der Waals surface area (Å²) in [6.45, 7) is 5.71. The highest BCUT2D eigenvalue weighted by molar-refractivity contribution is 5.75. The molecular weight excluding hydrogens is 220 g/mol. The van der Waals surface area contributed by atoms with E-state index >= 15 is 0 Å². The standard InChI is InChI=1S/C12H22N2O3/c1-4-16-7-10-5-6-17-12(10)8-14(9-12)11(15)13(2)3/h10H,4-9H2,1-3H3. The molecule has 5 nitrogen and oxygen atoms in total. The third-order valence-corrected chi connectivity index (χ3v) is 3.69. The molecule has 0 aromatic rings. The van der Waals surface area contributed by atoms with E-state index in [0.29, 0.717) is 19.0 Å². The molecule has 2 saturated heterocycles. The molecular formula is C12H22N2O3. The lowest BCUT2D eigenvalue weighted by molar-refractivity contribution is -0.127. The van der Waals surface area contributed by atoms with Crippen LogP contribution in [0.15, 0.2) is 0 Å². The van der Waals surface area contributed by atoms with E-state index in [1.54, 1.807) is 19.0 Å². The molecule has 2 rings (SSSR count). The van der Waals surface area contributed by atoms with Gasteiger partial charge in [-0.1, -0.05) is 0 Å². The third kappa shape index (κ3) is 2.26. The minimum Gasteiger partial charge on any atom is -0.381 e. The van der Waals surface area contributed by atoms with Crippen LogP contribution in [-0.4, -0.2) is 68.4 Å². The first-order chi connectivity index (χ1) is 8.09. The molecule has 0 N–H and O–H groups in total. The number of carbonyl (C=O) groups excluding carboxylic acids is 1. The van der Waals surface area contributed by atoms with Crippen molar-refractivity contribution in [3.05, 3.63) is 0 Å². The second-order valence-corrected chi connectivity index (χ2v) is 5.09. The Kier molecular flexibility index (Phi) is 3.58. The molecule has 2 aliphatic rings. The fourth-order valence-corrected chi connectivity index (χ4v) is 2.65. The second kappa shape index (κ2) is 4.82. The van der Waals surface area contributed by atoms with Gasteiger partial charge in [-0.15, -0.1) is 0 Å². The molecule has 98 valence electrons. The Morgan fingerprint density at radius 1 is 1.53 bits per heavy atom. The summed E-state index contributed by atoms with van der Waals surface area (Å²) < 4.78 is 11.4.